The number of ether oxygens (including phenoxy) is 2. The molecule has 0 radical (unpaired) electrons. The van der Waals surface area contributed by atoms with E-state index in [0.717, 1.165) is 11.3 Å². The van der Waals surface area contributed by atoms with Crippen molar-refractivity contribution >= 4 is 17.5 Å². The third-order valence-electron chi connectivity index (χ3n) is 4.61. The van der Waals surface area contributed by atoms with Gasteiger partial charge in [-0.25, -0.2) is 0 Å². The maximum Gasteiger partial charge on any atom is 0.243 e. The van der Waals surface area contributed by atoms with Crippen molar-refractivity contribution in [3.05, 3.63) is 54.1 Å². The summed E-state index contributed by atoms with van der Waals surface area (Å²) in [6.07, 6.45) is 0.628. The highest BCUT2D eigenvalue weighted by molar-refractivity contribution is 5.95. The molecule has 0 saturated heterocycles. The molecule has 1 N–H and O–H groups in total. The molecule has 1 atom stereocenters. The van der Waals surface area contributed by atoms with Crippen molar-refractivity contribution in [3.8, 4) is 11.5 Å². The minimum Gasteiger partial charge on any atom is -0.497 e. The zero-order valence-electron chi connectivity index (χ0n) is 15.6. The number of benzene rings is 2. The molecule has 1 aliphatic heterocycles. The van der Waals surface area contributed by atoms with Crippen LogP contribution in [-0.2, 0) is 16.0 Å². The molecule has 0 spiro atoms. The fourth-order valence-electron chi connectivity index (χ4n) is 3.17. The molecule has 0 aliphatic carbocycles. The van der Waals surface area contributed by atoms with E-state index < -0.39 is 0 Å². The number of para-hydroxylation sites is 1. The largest absolute Gasteiger partial charge is 0.497 e. The van der Waals surface area contributed by atoms with Crippen molar-refractivity contribution in [1.82, 2.24) is 4.90 Å². The Kier molecular flexibility index (Phi) is 5.96. The van der Waals surface area contributed by atoms with E-state index in [-0.39, 0.29) is 24.3 Å². The van der Waals surface area contributed by atoms with Crippen molar-refractivity contribution in [1.29, 1.82) is 0 Å². The van der Waals surface area contributed by atoms with E-state index in [9.17, 15) is 9.59 Å². The Balaban J connectivity index is 1.61. The van der Waals surface area contributed by atoms with Crippen LogP contribution >= 0.6 is 0 Å². The van der Waals surface area contributed by atoms with E-state index in [4.69, 9.17) is 9.47 Å². The number of likely N-dealkylation sites (N-methyl/N-ethyl adjacent to an activating group) is 1. The van der Waals surface area contributed by atoms with Gasteiger partial charge < -0.3 is 19.7 Å². The van der Waals surface area contributed by atoms with Crippen LogP contribution in [0.2, 0.25) is 0 Å². The van der Waals surface area contributed by atoms with Gasteiger partial charge in [-0.2, -0.15) is 0 Å². The average molecular weight is 368 g/mol. The predicted octanol–water partition coefficient (Wildman–Crippen LogP) is 2.73. The van der Waals surface area contributed by atoms with Gasteiger partial charge in [0.15, 0.2) is 0 Å². The fraction of sp³-hybridized carbons (Fsp3) is 0.333. The van der Waals surface area contributed by atoms with Gasteiger partial charge in [-0.15, -0.1) is 0 Å². The third kappa shape index (κ3) is 4.58. The maximum atomic E-state index is 12.9. The molecular formula is C21H24N2O4. The van der Waals surface area contributed by atoms with E-state index in [2.05, 4.69) is 5.32 Å². The van der Waals surface area contributed by atoms with E-state index >= 15 is 0 Å². The molecule has 6 heteroatoms. The monoisotopic (exact) mass is 368 g/mol. The molecule has 142 valence electrons. The van der Waals surface area contributed by atoms with Gasteiger partial charge in [-0.3, -0.25) is 9.59 Å². The van der Waals surface area contributed by atoms with E-state index in [0.29, 0.717) is 31.0 Å². The molecule has 1 unspecified atom stereocenters. The molecule has 1 heterocycles. The fourth-order valence-corrected chi connectivity index (χ4v) is 3.17. The van der Waals surface area contributed by atoms with Crippen molar-refractivity contribution in [2.75, 3.05) is 32.1 Å². The molecule has 2 aromatic carbocycles. The summed E-state index contributed by atoms with van der Waals surface area (Å²) in [5.41, 5.74) is 1.66. The topological polar surface area (TPSA) is 67.9 Å². The Morgan fingerprint density at radius 2 is 2.04 bits per heavy atom. The Bertz CT molecular complexity index is 821. The summed E-state index contributed by atoms with van der Waals surface area (Å²) < 4.78 is 10.9. The van der Waals surface area contributed by atoms with Gasteiger partial charge in [0.25, 0.3) is 0 Å². The quantitative estimate of drug-likeness (QED) is 0.851. The van der Waals surface area contributed by atoms with Gasteiger partial charge in [0.1, 0.15) is 18.1 Å². The highest BCUT2D eigenvalue weighted by Gasteiger charge is 2.29. The summed E-state index contributed by atoms with van der Waals surface area (Å²) in [7, 11) is 1.57. The molecule has 0 fully saturated rings. The summed E-state index contributed by atoms with van der Waals surface area (Å²) in [6.45, 7) is 2.67. The third-order valence-corrected chi connectivity index (χ3v) is 4.61. The van der Waals surface area contributed by atoms with Crippen LogP contribution in [0.15, 0.2) is 48.5 Å². The van der Waals surface area contributed by atoms with E-state index in [1.165, 1.54) is 0 Å². The zero-order chi connectivity index (χ0) is 19.2. The predicted molar refractivity (Wildman–Crippen MR) is 103 cm³/mol. The van der Waals surface area contributed by atoms with Gasteiger partial charge in [0.05, 0.1) is 19.6 Å². The van der Waals surface area contributed by atoms with E-state index in [1.54, 1.807) is 36.3 Å². The second-order valence-electron chi connectivity index (χ2n) is 6.45. The zero-order valence-corrected chi connectivity index (χ0v) is 15.6. The molecule has 0 saturated carbocycles. The van der Waals surface area contributed by atoms with Crippen LogP contribution < -0.4 is 14.8 Å². The second-order valence-corrected chi connectivity index (χ2v) is 6.45. The highest BCUT2D eigenvalue weighted by Crippen LogP contribution is 2.27. The molecule has 2 amide bonds. The summed E-state index contributed by atoms with van der Waals surface area (Å²) >= 11 is 0. The van der Waals surface area contributed by atoms with E-state index in [1.807, 2.05) is 31.2 Å². The molecule has 1 aliphatic rings. The van der Waals surface area contributed by atoms with Crippen LogP contribution in [0.3, 0.4) is 0 Å². The van der Waals surface area contributed by atoms with Gasteiger partial charge in [0, 0.05) is 18.3 Å². The van der Waals surface area contributed by atoms with Gasteiger partial charge >= 0.3 is 0 Å². The molecule has 6 nitrogen and oxygen atoms in total. The SMILES string of the molecule is CCN(CC(=O)Nc1cccc(OC)c1)C(=O)C1COc2ccccc2C1. The highest BCUT2D eigenvalue weighted by atomic mass is 16.5. The Morgan fingerprint density at radius 3 is 2.81 bits per heavy atom. The number of fused-ring (bicyclic) bond motifs is 1. The molecule has 3 rings (SSSR count). The minimum absolute atomic E-state index is 0.00465. The number of amides is 2. The number of nitrogens with one attached hydrogen (secondary N) is 1. The summed E-state index contributed by atoms with van der Waals surface area (Å²) in [5.74, 6) is 0.919. The first-order valence-electron chi connectivity index (χ1n) is 9.04. The molecular weight excluding hydrogens is 344 g/mol. The Hall–Kier alpha value is -3.02. The van der Waals surface area contributed by atoms with Crippen molar-refractivity contribution in [2.45, 2.75) is 13.3 Å². The Morgan fingerprint density at radius 1 is 1.22 bits per heavy atom. The lowest BCUT2D eigenvalue weighted by atomic mass is 9.95. The van der Waals surface area contributed by atoms with Crippen LogP contribution in [-0.4, -0.2) is 43.5 Å². The second kappa shape index (κ2) is 8.58. The van der Waals surface area contributed by atoms with Crippen molar-refractivity contribution in [2.24, 2.45) is 5.92 Å². The first kappa shape index (κ1) is 18.8. The van der Waals surface area contributed by atoms with Crippen LogP contribution in [0.5, 0.6) is 11.5 Å². The van der Waals surface area contributed by atoms with Gasteiger partial charge in [-0.05, 0) is 37.1 Å². The average Bonchev–Trinajstić information content (AvgIpc) is 2.71. The number of hydrogen-bond donors (Lipinski definition) is 1. The lowest BCUT2D eigenvalue weighted by molar-refractivity contribution is -0.139. The van der Waals surface area contributed by atoms with Crippen LogP contribution in [0.4, 0.5) is 5.69 Å². The lowest BCUT2D eigenvalue weighted by Crippen LogP contribution is -2.44. The number of hydrogen-bond acceptors (Lipinski definition) is 4. The number of anilines is 1. The number of carbonyl (C=O) groups is 2. The molecule has 27 heavy (non-hydrogen) atoms. The summed E-state index contributed by atoms with van der Waals surface area (Å²) in [6, 6.07) is 14.9. The molecule has 0 bridgehead atoms. The van der Waals surface area contributed by atoms with Crippen LogP contribution in [0.25, 0.3) is 0 Å². The number of rotatable bonds is 6. The summed E-state index contributed by atoms with van der Waals surface area (Å²) in [4.78, 5) is 26.8. The van der Waals surface area contributed by atoms with Gasteiger partial charge in [-0.1, -0.05) is 24.3 Å². The first-order valence-corrected chi connectivity index (χ1v) is 9.04. The Labute approximate surface area is 159 Å². The smallest absolute Gasteiger partial charge is 0.243 e. The number of carbonyl (C=O) groups excluding carboxylic acids is 2. The van der Waals surface area contributed by atoms with Crippen LogP contribution in [0.1, 0.15) is 12.5 Å². The minimum atomic E-state index is -0.274. The van der Waals surface area contributed by atoms with Crippen molar-refractivity contribution in [3.63, 3.8) is 0 Å². The van der Waals surface area contributed by atoms with Gasteiger partial charge in [0.2, 0.25) is 11.8 Å². The first-order chi connectivity index (χ1) is 13.1. The standard InChI is InChI=1S/C21H24N2O4/c1-3-23(13-20(24)22-17-8-6-9-18(12-17)26-2)21(25)16-11-15-7-4-5-10-19(15)27-14-16/h4-10,12,16H,3,11,13-14H2,1-2H3,(H,22,24). The van der Waals surface area contributed by atoms with Crippen molar-refractivity contribution < 1.29 is 19.1 Å². The number of methoxy groups -OCH3 is 1. The molecule has 0 aromatic heterocycles. The number of nitrogens with zero attached hydrogens (tertiary/aromatic N) is 1. The van der Waals surface area contributed by atoms with Crippen LogP contribution in [0, 0.1) is 5.92 Å². The maximum absolute atomic E-state index is 12.9. The molecule has 2 aromatic rings. The summed E-state index contributed by atoms with van der Waals surface area (Å²) in [5, 5.41) is 2.81. The lowest BCUT2D eigenvalue weighted by Gasteiger charge is -2.29. The normalized spacial score (nSPS) is 15.3.